The highest BCUT2D eigenvalue weighted by molar-refractivity contribution is 8.13. The van der Waals surface area contributed by atoms with Crippen LogP contribution in [0.5, 0.6) is 0 Å². The molecule has 4 atom stereocenters. The fourth-order valence-electron chi connectivity index (χ4n) is 5.81. The van der Waals surface area contributed by atoms with Crippen LogP contribution in [0.25, 0.3) is 5.70 Å². The largest absolute Gasteiger partial charge is 0.298 e. The fraction of sp³-hybridized carbons (Fsp3) is 0.542. The second kappa shape index (κ2) is 7.26. The summed E-state index contributed by atoms with van der Waals surface area (Å²) < 4.78 is 0. The van der Waals surface area contributed by atoms with Gasteiger partial charge >= 0.3 is 0 Å². The van der Waals surface area contributed by atoms with Crippen LogP contribution in [0.4, 0.5) is 0 Å². The van der Waals surface area contributed by atoms with Gasteiger partial charge in [0.25, 0.3) is 5.91 Å². The summed E-state index contributed by atoms with van der Waals surface area (Å²) in [5.41, 5.74) is 2.59. The first-order valence-corrected chi connectivity index (χ1v) is 12.2. The van der Waals surface area contributed by atoms with E-state index >= 15 is 0 Å². The number of fused-ring (bicyclic) bond motifs is 3. The summed E-state index contributed by atoms with van der Waals surface area (Å²) in [5, 5.41) is 12.1. The summed E-state index contributed by atoms with van der Waals surface area (Å²) >= 11 is 1.47. The van der Waals surface area contributed by atoms with Gasteiger partial charge in [-0.3, -0.25) is 15.1 Å². The number of hydrogen-bond donors (Lipinski definition) is 1. The third-order valence-corrected chi connectivity index (χ3v) is 8.07. The smallest absolute Gasteiger partial charge is 0.276 e. The zero-order valence-corrected chi connectivity index (χ0v) is 19.0. The quantitative estimate of drug-likeness (QED) is 0.707. The molecular weight excluding hydrogens is 392 g/mol. The van der Waals surface area contributed by atoms with Gasteiger partial charge < -0.3 is 0 Å². The molecule has 30 heavy (non-hydrogen) atoms. The van der Waals surface area contributed by atoms with Crippen LogP contribution in [-0.2, 0) is 4.79 Å². The third-order valence-electron chi connectivity index (χ3n) is 7.50. The molecule has 0 saturated heterocycles. The lowest BCUT2D eigenvalue weighted by atomic mass is 9.58. The van der Waals surface area contributed by atoms with Gasteiger partial charge in [0.1, 0.15) is 11.9 Å². The number of allylic oxidation sites excluding steroid dienone is 2. The molecule has 1 aromatic carbocycles. The number of para-hydroxylation sites is 1. The van der Waals surface area contributed by atoms with E-state index in [9.17, 15) is 4.79 Å². The van der Waals surface area contributed by atoms with Crippen molar-refractivity contribution in [1.29, 1.82) is 0 Å². The van der Waals surface area contributed by atoms with Crippen LogP contribution in [0.15, 0.2) is 46.0 Å². The van der Waals surface area contributed by atoms with Gasteiger partial charge in [-0.1, -0.05) is 62.4 Å². The van der Waals surface area contributed by atoms with Crippen LogP contribution >= 0.6 is 11.8 Å². The second-order valence-corrected chi connectivity index (χ2v) is 10.6. The zero-order valence-electron chi connectivity index (χ0n) is 18.2. The molecule has 0 unspecified atom stereocenters. The Morgan fingerprint density at radius 3 is 2.87 bits per heavy atom. The predicted molar refractivity (Wildman–Crippen MR) is 122 cm³/mol. The molecule has 0 spiro atoms. The standard InChI is InChI=1S/C24H30N4OS/c1-14-12-15-8-7-11-24(2,3)18(15)13-17(14)21-25-19-10-6-5-9-16(19)20-22(29)26-23(30-4)27-28(20)21/h5-6,8-10,14,17-18,21H,7,11-13H2,1-4H3,(H,26,27,29)/t14-,17+,18-,21-/m0/s1. The first kappa shape index (κ1) is 19.9. The van der Waals surface area contributed by atoms with E-state index in [1.54, 1.807) is 5.57 Å². The van der Waals surface area contributed by atoms with Crippen LogP contribution < -0.4 is 15.9 Å². The van der Waals surface area contributed by atoms with E-state index in [0.717, 1.165) is 23.4 Å². The van der Waals surface area contributed by atoms with Gasteiger partial charge in [-0.05, 0) is 55.3 Å². The Hall–Kier alpha value is -2.08. The minimum atomic E-state index is -0.141. The molecule has 5 nitrogen and oxygen atoms in total. The highest BCUT2D eigenvalue weighted by Gasteiger charge is 2.46. The Morgan fingerprint density at radius 1 is 1.27 bits per heavy atom. The molecule has 1 saturated carbocycles. The highest BCUT2D eigenvalue weighted by atomic mass is 32.2. The summed E-state index contributed by atoms with van der Waals surface area (Å²) in [6, 6.07) is 7.97. The lowest BCUT2D eigenvalue weighted by molar-refractivity contribution is -0.116. The number of nitrogens with zero attached hydrogens (tertiary/aromatic N) is 3. The van der Waals surface area contributed by atoms with Gasteiger partial charge in [0, 0.05) is 11.1 Å². The number of nitrogens with one attached hydrogen (secondary N) is 1. The Morgan fingerprint density at radius 2 is 2.07 bits per heavy atom. The molecule has 158 valence electrons. The van der Waals surface area contributed by atoms with Crippen LogP contribution in [0, 0.1) is 23.2 Å². The first-order chi connectivity index (χ1) is 14.4. The number of amidine groups is 1. The monoisotopic (exact) mass is 422 g/mol. The Balaban J connectivity index is 1.62. The van der Waals surface area contributed by atoms with Crippen LogP contribution in [0.2, 0.25) is 0 Å². The normalized spacial score (nSPS) is 32.1. The fourth-order valence-corrected chi connectivity index (χ4v) is 6.17. The average Bonchev–Trinajstić information content (AvgIpc) is 2.72. The van der Waals surface area contributed by atoms with Crippen LogP contribution in [0.3, 0.4) is 0 Å². The van der Waals surface area contributed by atoms with Gasteiger partial charge in [-0.25, -0.2) is 5.01 Å². The highest BCUT2D eigenvalue weighted by Crippen LogP contribution is 2.52. The molecule has 6 heteroatoms. The molecule has 0 aromatic heterocycles. The second-order valence-electron chi connectivity index (χ2n) is 9.76. The van der Waals surface area contributed by atoms with Gasteiger partial charge in [-0.2, -0.15) is 0 Å². The van der Waals surface area contributed by atoms with E-state index in [-0.39, 0.29) is 12.1 Å². The van der Waals surface area contributed by atoms with Gasteiger partial charge in [-0.15, -0.1) is 5.10 Å². The summed E-state index contributed by atoms with van der Waals surface area (Å²) in [6.45, 7) is 7.18. The number of hydrazone groups is 1. The van der Waals surface area contributed by atoms with Gasteiger partial charge in [0.05, 0.1) is 5.36 Å². The Bertz CT molecular complexity index is 1070. The zero-order chi connectivity index (χ0) is 21.0. The van der Waals surface area contributed by atoms with E-state index in [1.807, 2.05) is 35.5 Å². The topological polar surface area (TPSA) is 57.1 Å². The van der Waals surface area contributed by atoms with E-state index in [4.69, 9.17) is 10.1 Å². The molecule has 0 radical (unpaired) electrons. The molecule has 2 aliphatic carbocycles. The molecule has 2 heterocycles. The van der Waals surface area contributed by atoms with Crippen LogP contribution in [-0.4, -0.2) is 28.5 Å². The third kappa shape index (κ3) is 3.11. The maximum atomic E-state index is 13.1. The maximum Gasteiger partial charge on any atom is 0.276 e. The lowest BCUT2D eigenvalue weighted by Gasteiger charge is -2.49. The number of amides is 1. The number of carbonyl (C=O) groups is 1. The van der Waals surface area contributed by atoms with Crippen molar-refractivity contribution in [2.24, 2.45) is 33.3 Å². The van der Waals surface area contributed by atoms with Gasteiger partial charge in [0.2, 0.25) is 0 Å². The summed E-state index contributed by atoms with van der Waals surface area (Å²) in [6.07, 6.45) is 8.96. The van der Waals surface area contributed by atoms with Crippen molar-refractivity contribution in [2.75, 3.05) is 6.26 Å². The number of rotatable bonds is 1. The van der Waals surface area contributed by atoms with E-state index < -0.39 is 0 Å². The minimum Gasteiger partial charge on any atom is -0.298 e. The van der Waals surface area contributed by atoms with Crippen LogP contribution in [0.1, 0.15) is 46.5 Å². The molecule has 1 N–H and O–H groups in total. The number of hydrogen-bond acceptors (Lipinski definition) is 5. The maximum absolute atomic E-state index is 13.1. The van der Waals surface area contributed by atoms with E-state index in [1.165, 1.54) is 24.6 Å². The number of benzene rings is 1. The predicted octanol–water partition coefficient (Wildman–Crippen LogP) is 3.23. The van der Waals surface area contributed by atoms with Crippen molar-refractivity contribution >= 4 is 28.5 Å². The van der Waals surface area contributed by atoms with Crippen molar-refractivity contribution in [2.45, 2.75) is 52.6 Å². The Labute approximate surface area is 182 Å². The molecule has 0 bridgehead atoms. The average molecular weight is 423 g/mol. The minimum absolute atomic E-state index is 0.0799. The molecule has 1 aromatic rings. The van der Waals surface area contributed by atoms with E-state index in [0.29, 0.717) is 34.0 Å². The Kier molecular flexibility index (Phi) is 4.80. The van der Waals surface area contributed by atoms with Crippen molar-refractivity contribution < 1.29 is 4.79 Å². The summed E-state index contributed by atoms with van der Waals surface area (Å²) in [5.74, 6) is 1.36. The first-order valence-electron chi connectivity index (χ1n) is 11.0. The molecule has 1 amide bonds. The summed E-state index contributed by atoms with van der Waals surface area (Å²) in [4.78, 5) is 18.2. The molecule has 4 aliphatic rings. The molecule has 1 fully saturated rings. The molecule has 5 rings (SSSR count). The van der Waals surface area contributed by atoms with E-state index in [2.05, 4.69) is 32.2 Å². The van der Waals surface area contributed by atoms with Crippen molar-refractivity contribution in [3.8, 4) is 0 Å². The summed E-state index contributed by atoms with van der Waals surface area (Å²) in [7, 11) is 0. The van der Waals surface area contributed by atoms with Crippen molar-refractivity contribution in [3.05, 3.63) is 46.5 Å². The molecular formula is C24H30N4OS. The SMILES string of the molecule is CSC1=NN2C(=c3ccccc3=N[C@@H]2[C@@H]2C[C@H]3C(=CCCC3(C)C)C[C@@H]2C)C(=O)N1. The van der Waals surface area contributed by atoms with Crippen molar-refractivity contribution in [1.82, 2.24) is 10.3 Å². The number of thioether (sulfide) groups is 1. The van der Waals surface area contributed by atoms with Crippen molar-refractivity contribution in [3.63, 3.8) is 0 Å². The number of carbonyl (C=O) groups excluding carboxylic acids is 1. The molecule has 2 aliphatic heterocycles. The van der Waals surface area contributed by atoms with Gasteiger partial charge in [0.15, 0.2) is 5.17 Å². The lowest BCUT2D eigenvalue weighted by Crippen LogP contribution is -2.56.